The number of alkyl halides is 4. The first-order valence-corrected chi connectivity index (χ1v) is 20.2. The number of benzene rings is 1. The van der Waals surface area contributed by atoms with Gasteiger partial charge in [0.2, 0.25) is 17.7 Å². The van der Waals surface area contributed by atoms with Crippen molar-refractivity contribution >= 4 is 58.9 Å². The number of rotatable bonds is 9. The number of likely N-dealkylation sites (tertiary alicyclic amines) is 1. The summed E-state index contributed by atoms with van der Waals surface area (Å²) in [4.78, 5) is 58.7. The zero-order chi connectivity index (χ0) is 41.4. The number of hydrogen-bond donors (Lipinski definition) is 4. The lowest BCUT2D eigenvalue weighted by molar-refractivity contribution is -0.141. The largest absolute Gasteiger partial charge is 0.437 e. The topological polar surface area (TPSA) is 185 Å². The van der Waals surface area contributed by atoms with Gasteiger partial charge in [0, 0.05) is 62.6 Å². The summed E-state index contributed by atoms with van der Waals surface area (Å²) in [6, 6.07) is 8.51. The summed E-state index contributed by atoms with van der Waals surface area (Å²) in [7, 11) is 0. The molecule has 4 amide bonds. The van der Waals surface area contributed by atoms with Gasteiger partial charge < -0.3 is 26.2 Å². The van der Waals surface area contributed by atoms with Gasteiger partial charge in [-0.05, 0) is 81.0 Å². The molecule has 15 nitrogen and oxygen atoms in total. The smallest absolute Gasteiger partial charge is 0.385 e. The number of carbonyl (C=O) groups excluding carboxylic acids is 4. The summed E-state index contributed by atoms with van der Waals surface area (Å²) in [5.41, 5.74) is 6.10. The fourth-order valence-corrected chi connectivity index (χ4v) is 8.84. The molecule has 4 fully saturated rings. The molecule has 60 heavy (non-hydrogen) atoms. The highest BCUT2D eigenvalue weighted by atomic mass is 35.5. The van der Waals surface area contributed by atoms with Crippen LogP contribution in [0.15, 0.2) is 48.9 Å². The average Bonchev–Trinajstić information content (AvgIpc) is 3.85. The lowest BCUT2D eigenvalue weighted by Gasteiger charge is -2.36. The molecule has 1 saturated carbocycles. The average molecular weight is 858 g/mol. The van der Waals surface area contributed by atoms with Crippen LogP contribution in [0.25, 0.3) is 5.65 Å². The molecule has 1 unspecified atom stereocenters. The summed E-state index contributed by atoms with van der Waals surface area (Å²) >= 11 is 0. The number of hydrogen-bond acceptors (Lipinski definition) is 10. The number of nitrogens with one attached hydrogen (secondary N) is 3. The molecule has 3 aliphatic heterocycles. The molecule has 4 aliphatic rings. The maximum absolute atomic E-state index is 14.3. The number of carbonyl (C=O) groups is 4. The Morgan fingerprint density at radius 3 is 2.38 bits per heavy atom. The zero-order valence-electron chi connectivity index (χ0n) is 32.7. The Kier molecular flexibility index (Phi) is 12.7. The van der Waals surface area contributed by atoms with E-state index in [1.165, 1.54) is 21.6 Å². The van der Waals surface area contributed by atoms with E-state index in [-0.39, 0.29) is 66.1 Å². The normalized spacial score (nSPS) is 24.2. The molecule has 3 aromatic heterocycles. The van der Waals surface area contributed by atoms with Gasteiger partial charge in [-0.2, -0.15) is 23.4 Å². The van der Waals surface area contributed by atoms with E-state index < -0.39 is 41.7 Å². The fourth-order valence-electron chi connectivity index (χ4n) is 8.84. The predicted molar refractivity (Wildman–Crippen MR) is 215 cm³/mol. The maximum Gasteiger partial charge on any atom is 0.437 e. The molecule has 3 atom stereocenters. The lowest BCUT2D eigenvalue weighted by Crippen LogP contribution is -2.48. The Morgan fingerprint density at radius 1 is 0.967 bits per heavy atom. The third kappa shape index (κ3) is 9.36. The Morgan fingerprint density at radius 2 is 1.70 bits per heavy atom. The van der Waals surface area contributed by atoms with E-state index in [4.69, 9.17) is 5.73 Å². The molecule has 6 heterocycles. The van der Waals surface area contributed by atoms with E-state index >= 15 is 0 Å². The van der Waals surface area contributed by atoms with E-state index in [1.807, 2.05) is 29.2 Å². The first kappa shape index (κ1) is 42.8. The van der Waals surface area contributed by atoms with Gasteiger partial charge in [0.15, 0.2) is 11.3 Å². The van der Waals surface area contributed by atoms with Crippen molar-refractivity contribution in [2.75, 3.05) is 48.3 Å². The van der Waals surface area contributed by atoms with Gasteiger partial charge >= 0.3 is 6.18 Å². The van der Waals surface area contributed by atoms with E-state index in [9.17, 15) is 36.7 Å². The van der Waals surface area contributed by atoms with Gasteiger partial charge in [-0.15, -0.1) is 12.4 Å². The van der Waals surface area contributed by atoms with Crippen LogP contribution in [0.3, 0.4) is 0 Å². The van der Waals surface area contributed by atoms with Crippen molar-refractivity contribution in [3.8, 4) is 0 Å². The number of fused-ring (bicyclic) bond motifs is 1. The Labute approximate surface area is 349 Å². The van der Waals surface area contributed by atoms with Crippen molar-refractivity contribution < 1.29 is 36.7 Å². The fraction of sp³-hybridized carbons (Fsp3) is 0.525. The molecule has 1 aromatic carbocycles. The Balaban J connectivity index is 0.00000544. The highest BCUT2D eigenvalue weighted by Gasteiger charge is 2.40. The number of piperidine rings is 3. The van der Waals surface area contributed by atoms with Gasteiger partial charge in [-0.25, -0.2) is 13.9 Å². The molecule has 1 aliphatic carbocycles. The molecule has 4 aromatic rings. The molecule has 322 valence electrons. The van der Waals surface area contributed by atoms with Crippen LogP contribution in [0.4, 0.5) is 34.8 Å². The number of imide groups is 1. The van der Waals surface area contributed by atoms with Crippen LogP contribution in [0.1, 0.15) is 91.4 Å². The Bertz CT molecular complexity index is 2190. The van der Waals surface area contributed by atoms with Crippen LogP contribution in [0.5, 0.6) is 0 Å². The van der Waals surface area contributed by atoms with Crippen LogP contribution in [-0.2, 0) is 20.6 Å². The van der Waals surface area contributed by atoms with Crippen LogP contribution < -0.4 is 26.6 Å². The number of amides is 4. The van der Waals surface area contributed by atoms with Crippen molar-refractivity contribution in [2.24, 2.45) is 17.6 Å². The van der Waals surface area contributed by atoms with Crippen molar-refractivity contribution in [3.63, 3.8) is 0 Å². The predicted octanol–water partition coefficient (Wildman–Crippen LogP) is 5.10. The van der Waals surface area contributed by atoms with Gasteiger partial charge in [0.05, 0.1) is 30.4 Å². The monoisotopic (exact) mass is 857 g/mol. The molecular formula is C40H48ClF4N11O4. The molecule has 20 heteroatoms. The quantitative estimate of drug-likeness (QED) is 0.131. The summed E-state index contributed by atoms with van der Waals surface area (Å²) in [5.74, 6) is -1.11. The molecule has 0 bridgehead atoms. The second-order valence-corrected chi connectivity index (χ2v) is 16.2. The minimum absolute atomic E-state index is 0. The highest BCUT2D eigenvalue weighted by Crippen LogP contribution is 2.39. The van der Waals surface area contributed by atoms with E-state index in [0.717, 1.165) is 30.6 Å². The molecule has 0 radical (unpaired) electrons. The molecule has 3 saturated heterocycles. The summed E-state index contributed by atoms with van der Waals surface area (Å²) < 4.78 is 59.6. The minimum atomic E-state index is -4.85. The van der Waals surface area contributed by atoms with Crippen molar-refractivity contribution in [3.05, 3.63) is 65.7 Å². The van der Waals surface area contributed by atoms with Crippen molar-refractivity contribution in [1.82, 2.24) is 34.6 Å². The summed E-state index contributed by atoms with van der Waals surface area (Å²) in [6.07, 6.45) is 2.58. The number of nitrogens with zero attached hydrogens (tertiary/aromatic N) is 7. The zero-order valence-corrected chi connectivity index (χ0v) is 33.6. The Hall–Kier alpha value is -5.30. The number of halogens is 5. The van der Waals surface area contributed by atoms with Crippen LogP contribution in [0.2, 0.25) is 0 Å². The van der Waals surface area contributed by atoms with Gasteiger partial charge in [-0.3, -0.25) is 29.2 Å². The third-order valence-electron chi connectivity index (χ3n) is 12.1. The van der Waals surface area contributed by atoms with Gasteiger partial charge in [0.1, 0.15) is 17.6 Å². The van der Waals surface area contributed by atoms with E-state index in [2.05, 4.69) is 31.1 Å². The molecule has 8 rings (SSSR count). The molecule has 5 N–H and O–H groups in total. The SMILES string of the molecule is Cl.N[C@@H]1C[C@@H](F)CN(c2ccn3ncc(C(=O)Nc4cn(C5CCC(C(=O)N6CCC(CNc7ccc(C8CCC(=O)NC8=O)cc7)CC6)CC5)nc4C(F)(F)F)c3n2)C1. The molecule has 0 spiro atoms. The first-order valence-electron chi connectivity index (χ1n) is 20.2. The van der Waals surface area contributed by atoms with E-state index in [1.54, 1.807) is 17.2 Å². The van der Waals surface area contributed by atoms with Gasteiger partial charge in [0.25, 0.3) is 5.91 Å². The van der Waals surface area contributed by atoms with Crippen molar-refractivity contribution in [1.29, 1.82) is 0 Å². The van der Waals surface area contributed by atoms with E-state index in [0.29, 0.717) is 69.9 Å². The second-order valence-electron chi connectivity index (χ2n) is 16.2. The maximum atomic E-state index is 14.3. The lowest BCUT2D eigenvalue weighted by atomic mass is 9.84. The number of aromatic nitrogens is 5. The molecular weight excluding hydrogens is 810 g/mol. The van der Waals surface area contributed by atoms with Crippen molar-refractivity contribution in [2.45, 2.75) is 88.1 Å². The van der Waals surface area contributed by atoms with Crippen LogP contribution >= 0.6 is 12.4 Å². The van der Waals surface area contributed by atoms with Crippen LogP contribution in [-0.4, -0.2) is 97.8 Å². The van der Waals surface area contributed by atoms with Crippen LogP contribution in [0, 0.1) is 11.8 Å². The van der Waals surface area contributed by atoms with Gasteiger partial charge in [-0.1, -0.05) is 12.1 Å². The number of anilines is 3. The minimum Gasteiger partial charge on any atom is -0.385 e. The summed E-state index contributed by atoms with van der Waals surface area (Å²) in [6.45, 7) is 2.43. The first-order chi connectivity index (χ1) is 28.3. The highest BCUT2D eigenvalue weighted by molar-refractivity contribution is 6.08. The second kappa shape index (κ2) is 17.7. The summed E-state index contributed by atoms with van der Waals surface area (Å²) in [5, 5.41) is 16.3. The number of nitrogens with two attached hydrogens (primary N) is 1. The standard InChI is InChI=1S/C40H47F4N11O4.ClH/c41-26-17-27(45)21-53(20-26)33-13-16-54-36(49-33)31(19-47-54)38(58)48-32-22-55(51-35(32)40(42,43)44)29-7-3-25(4-8-29)39(59)52-14-11-23(12-15-52)18-46-28-5-1-24(2-6-28)30-9-10-34(56)50-37(30)57;/h1-2,5-6,13,16,19,22-23,25-27,29-30,46H,3-4,7-12,14-15,17-18,20-21,45H2,(H,48,58)(H,50,56,57);1H/t25?,26-,27-,29?,30?;/m1./s1. The third-order valence-corrected chi connectivity index (χ3v) is 12.1.